The lowest BCUT2D eigenvalue weighted by Crippen LogP contribution is -1.97. The monoisotopic (exact) mass is 216 g/mol. The summed E-state index contributed by atoms with van der Waals surface area (Å²) in [7, 11) is 0. The van der Waals surface area contributed by atoms with Crippen molar-refractivity contribution < 1.29 is 4.79 Å². The summed E-state index contributed by atoms with van der Waals surface area (Å²) < 4.78 is 2.06. The molecule has 1 aromatic rings. The van der Waals surface area contributed by atoms with Gasteiger partial charge in [-0.3, -0.25) is 4.79 Å². The molecule has 3 nitrogen and oxygen atoms in total. The second kappa shape index (κ2) is 4.98. The molecule has 0 saturated heterocycles. The fourth-order valence-electron chi connectivity index (χ4n) is 2.21. The van der Waals surface area contributed by atoms with E-state index < -0.39 is 0 Å². The lowest BCUT2D eigenvalue weighted by Gasteiger charge is -1.99. The van der Waals surface area contributed by atoms with E-state index in [0.717, 1.165) is 37.8 Å². The van der Waals surface area contributed by atoms with Crippen LogP contribution in [0, 0.1) is 11.3 Å². The van der Waals surface area contributed by atoms with Crippen LogP contribution in [0.15, 0.2) is 12.4 Å². The molecular formula is C13H16N2O. The van der Waals surface area contributed by atoms with Crippen molar-refractivity contribution in [1.82, 2.24) is 4.57 Å². The number of carbonyl (C=O) groups excluding carboxylic acids is 1. The Hall–Kier alpha value is -1.56. The van der Waals surface area contributed by atoms with Crippen LogP contribution in [0.5, 0.6) is 0 Å². The molecule has 16 heavy (non-hydrogen) atoms. The number of aryl methyl sites for hydroxylation is 2. The first-order chi connectivity index (χ1) is 7.81. The van der Waals surface area contributed by atoms with Crippen LogP contribution in [-0.4, -0.2) is 10.4 Å². The van der Waals surface area contributed by atoms with Crippen molar-refractivity contribution in [3.05, 3.63) is 23.5 Å². The van der Waals surface area contributed by atoms with Crippen LogP contribution < -0.4 is 0 Å². The number of hydrogen-bond donors (Lipinski definition) is 0. The zero-order valence-electron chi connectivity index (χ0n) is 9.41. The first kappa shape index (κ1) is 10.9. The maximum absolute atomic E-state index is 11.8. The summed E-state index contributed by atoms with van der Waals surface area (Å²) in [6.45, 7) is 0.841. The average Bonchev–Trinajstić information content (AvgIpc) is 2.61. The Bertz CT molecular complexity index is 426. The van der Waals surface area contributed by atoms with Crippen LogP contribution in [0.4, 0.5) is 0 Å². The maximum Gasteiger partial charge on any atom is 0.164 e. The first-order valence-electron chi connectivity index (χ1n) is 5.90. The standard InChI is InChI=1S/C13H16N2O/c14-7-3-4-8-15-9-11-5-1-2-6-13(16)12(11)10-15/h9-10H,1-6,8H2. The van der Waals surface area contributed by atoms with Crippen LogP contribution in [-0.2, 0) is 13.0 Å². The molecule has 0 aromatic carbocycles. The molecule has 0 fully saturated rings. The molecule has 1 aromatic heterocycles. The maximum atomic E-state index is 11.8. The minimum absolute atomic E-state index is 0.284. The third-order valence-corrected chi connectivity index (χ3v) is 3.07. The molecule has 1 aliphatic carbocycles. The van der Waals surface area contributed by atoms with Gasteiger partial charge < -0.3 is 4.57 Å². The minimum Gasteiger partial charge on any atom is -0.353 e. The SMILES string of the molecule is N#CCCCn1cc2c(c1)C(=O)CCCC2. The van der Waals surface area contributed by atoms with E-state index in [-0.39, 0.29) is 5.78 Å². The number of nitriles is 1. The lowest BCUT2D eigenvalue weighted by atomic mass is 10.1. The van der Waals surface area contributed by atoms with Gasteiger partial charge in [-0.1, -0.05) is 0 Å². The van der Waals surface area contributed by atoms with Crippen LogP contribution in [0.25, 0.3) is 0 Å². The number of fused-ring (bicyclic) bond motifs is 1. The summed E-state index contributed by atoms with van der Waals surface area (Å²) in [6, 6.07) is 2.14. The van der Waals surface area contributed by atoms with Crippen molar-refractivity contribution in [2.75, 3.05) is 0 Å². The van der Waals surface area contributed by atoms with Gasteiger partial charge in [0.2, 0.25) is 0 Å². The van der Waals surface area contributed by atoms with Gasteiger partial charge in [0.1, 0.15) is 0 Å². The molecule has 0 radical (unpaired) electrons. The molecule has 1 aliphatic rings. The second-order valence-electron chi connectivity index (χ2n) is 4.33. The van der Waals surface area contributed by atoms with Crippen molar-refractivity contribution >= 4 is 5.78 Å². The van der Waals surface area contributed by atoms with E-state index in [2.05, 4.69) is 16.8 Å². The molecule has 3 heteroatoms. The third-order valence-electron chi connectivity index (χ3n) is 3.07. The van der Waals surface area contributed by atoms with Crippen LogP contribution in [0.1, 0.15) is 48.0 Å². The van der Waals surface area contributed by atoms with Crippen molar-refractivity contribution in [3.8, 4) is 6.07 Å². The van der Waals surface area contributed by atoms with Gasteiger partial charge in [-0.15, -0.1) is 0 Å². The Kier molecular flexibility index (Phi) is 3.40. The number of aromatic nitrogens is 1. The summed E-state index contributed by atoms with van der Waals surface area (Å²) in [4.78, 5) is 11.8. The highest BCUT2D eigenvalue weighted by Crippen LogP contribution is 2.21. The number of nitrogens with zero attached hydrogens (tertiary/aromatic N) is 2. The molecule has 0 amide bonds. The fraction of sp³-hybridized carbons (Fsp3) is 0.538. The number of rotatable bonds is 3. The topological polar surface area (TPSA) is 45.8 Å². The van der Waals surface area contributed by atoms with Crippen molar-refractivity contribution in [1.29, 1.82) is 5.26 Å². The predicted molar refractivity (Wildman–Crippen MR) is 61.2 cm³/mol. The Labute approximate surface area is 95.7 Å². The molecule has 2 rings (SSSR count). The highest BCUT2D eigenvalue weighted by atomic mass is 16.1. The number of Topliss-reactive ketones (excluding diaryl/α,β-unsaturated/α-hetero) is 1. The predicted octanol–water partition coefficient (Wildman–Crippen LogP) is 2.70. The van der Waals surface area contributed by atoms with Gasteiger partial charge in [-0.25, -0.2) is 0 Å². The van der Waals surface area contributed by atoms with Crippen molar-refractivity contribution in [2.45, 2.75) is 45.1 Å². The smallest absolute Gasteiger partial charge is 0.164 e. The van der Waals surface area contributed by atoms with E-state index in [0.29, 0.717) is 12.8 Å². The zero-order valence-corrected chi connectivity index (χ0v) is 9.41. The number of carbonyl (C=O) groups is 1. The highest BCUT2D eigenvalue weighted by Gasteiger charge is 2.17. The molecule has 84 valence electrons. The Balaban J connectivity index is 2.10. The van der Waals surface area contributed by atoms with E-state index in [1.54, 1.807) is 0 Å². The van der Waals surface area contributed by atoms with E-state index in [1.807, 2.05) is 6.20 Å². The van der Waals surface area contributed by atoms with Gasteiger partial charge in [0.15, 0.2) is 5.78 Å². The quantitative estimate of drug-likeness (QED) is 0.576. The summed E-state index contributed by atoms with van der Waals surface area (Å²) in [5, 5.41) is 8.47. The average molecular weight is 216 g/mol. The zero-order chi connectivity index (χ0) is 11.4. The van der Waals surface area contributed by atoms with Crippen LogP contribution in [0.2, 0.25) is 0 Å². The van der Waals surface area contributed by atoms with Gasteiger partial charge in [-0.05, 0) is 31.2 Å². The third kappa shape index (κ3) is 2.33. The van der Waals surface area contributed by atoms with Gasteiger partial charge in [-0.2, -0.15) is 5.26 Å². The second-order valence-corrected chi connectivity index (χ2v) is 4.33. The Morgan fingerprint density at radius 2 is 2.12 bits per heavy atom. The van der Waals surface area contributed by atoms with E-state index in [1.165, 1.54) is 5.56 Å². The number of hydrogen-bond acceptors (Lipinski definition) is 2. The summed E-state index contributed by atoms with van der Waals surface area (Å²) in [5.74, 6) is 0.284. The molecule has 0 aliphatic heterocycles. The van der Waals surface area contributed by atoms with Gasteiger partial charge in [0.05, 0.1) is 6.07 Å². The number of unbranched alkanes of at least 4 members (excludes halogenated alkanes) is 1. The molecule has 0 unspecified atom stereocenters. The van der Waals surface area contributed by atoms with E-state index in [9.17, 15) is 4.79 Å². The van der Waals surface area contributed by atoms with Crippen molar-refractivity contribution in [3.63, 3.8) is 0 Å². The Morgan fingerprint density at radius 1 is 1.31 bits per heavy atom. The fourth-order valence-corrected chi connectivity index (χ4v) is 2.21. The molecule has 0 atom stereocenters. The van der Waals surface area contributed by atoms with E-state index in [4.69, 9.17) is 5.26 Å². The van der Waals surface area contributed by atoms with E-state index >= 15 is 0 Å². The number of ketones is 1. The molecular weight excluding hydrogens is 200 g/mol. The normalized spacial score (nSPS) is 15.3. The van der Waals surface area contributed by atoms with Gasteiger partial charge >= 0.3 is 0 Å². The van der Waals surface area contributed by atoms with Crippen LogP contribution >= 0.6 is 0 Å². The largest absolute Gasteiger partial charge is 0.353 e. The Morgan fingerprint density at radius 3 is 2.94 bits per heavy atom. The molecule has 0 bridgehead atoms. The summed E-state index contributed by atoms with van der Waals surface area (Å²) in [6.07, 6.45) is 9.32. The molecule has 0 N–H and O–H groups in total. The minimum atomic E-state index is 0.284. The molecule has 1 heterocycles. The van der Waals surface area contributed by atoms with Gasteiger partial charge in [0.25, 0.3) is 0 Å². The molecule has 0 spiro atoms. The molecule has 0 saturated carbocycles. The summed E-state index contributed by atoms with van der Waals surface area (Å²) in [5.41, 5.74) is 2.11. The van der Waals surface area contributed by atoms with Crippen LogP contribution in [0.3, 0.4) is 0 Å². The highest BCUT2D eigenvalue weighted by molar-refractivity contribution is 5.97. The lowest BCUT2D eigenvalue weighted by molar-refractivity contribution is 0.0982. The van der Waals surface area contributed by atoms with Gasteiger partial charge in [0, 0.05) is 37.3 Å². The summed E-state index contributed by atoms with van der Waals surface area (Å²) >= 11 is 0. The first-order valence-corrected chi connectivity index (χ1v) is 5.90. The van der Waals surface area contributed by atoms with Crippen molar-refractivity contribution in [2.24, 2.45) is 0 Å².